The third kappa shape index (κ3) is 3.29. The third-order valence-electron chi connectivity index (χ3n) is 3.74. The molecule has 1 aromatic heterocycles. The Hall–Kier alpha value is -2.54. The van der Waals surface area contributed by atoms with Gasteiger partial charge in [0.05, 0.1) is 4.88 Å². The lowest BCUT2D eigenvalue weighted by atomic mass is 10.1. The second-order valence-corrected chi connectivity index (χ2v) is 6.25. The number of benzene rings is 1. The molecular formula is C16H16N2O4S. The molecule has 2 aromatic rings. The zero-order chi connectivity index (χ0) is 16.4. The van der Waals surface area contributed by atoms with Crippen LogP contribution >= 0.6 is 11.3 Å². The van der Waals surface area contributed by atoms with Gasteiger partial charge in [-0.3, -0.25) is 9.59 Å². The van der Waals surface area contributed by atoms with E-state index in [4.69, 9.17) is 0 Å². The van der Waals surface area contributed by atoms with Gasteiger partial charge in [0, 0.05) is 37.8 Å². The Morgan fingerprint density at radius 1 is 0.913 bits per heavy atom. The van der Waals surface area contributed by atoms with Crippen molar-refractivity contribution in [3.63, 3.8) is 0 Å². The molecule has 120 valence electrons. The summed E-state index contributed by atoms with van der Waals surface area (Å²) in [5.74, 6) is -0.582. The number of nitrogens with zero attached hydrogens (tertiary/aromatic N) is 2. The van der Waals surface area contributed by atoms with E-state index < -0.39 is 0 Å². The first-order valence-corrected chi connectivity index (χ1v) is 8.07. The molecule has 0 radical (unpaired) electrons. The SMILES string of the molecule is O=C(c1cc(O)cc(O)c1)N1CCN(C(=O)c2cccs2)CC1. The van der Waals surface area contributed by atoms with E-state index in [0.29, 0.717) is 31.1 Å². The van der Waals surface area contributed by atoms with Crippen molar-refractivity contribution in [3.8, 4) is 11.5 Å². The van der Waals surface area contributed by atoms with Gasteiger partial charge in [0.25, 0.3) is 11.8 Å². The summed E-state index contributed by atoms with van der Waals surface area (Å²) in [4.78, 5) is 28.7. The Morgan fingerprint density at radius 2 is 1.48 bits per heavy atom. The van der Waals surface area contributed by atoms with Crippen LogP contribution < -0.4 is 0 Å². The summed E-state index contributed by atoms with van der Waals surface area (Å²) in [6.45, 7) is 1.78. The van der Waals surface area contributed by atoms with Crippen LogP contribution in [0.15, 0.2) is 35.7 Å². The highest BCUT2D eigenvalue weighted by Crippen LogP contribution is 2.22. The molecule has 1 aliphatic rings. The number of carbonyl (C=O) groups excluding carboxylic acids is 2. The first-order valence-electron chi connectivity index (χ1n) is 7.19. The number of thiophene rings is 1. The minimum atomic E-state index is -0.264. The summed E-state index contributed by atoms with van der Waals surface area (Å²) in [6, 6.07) is 7.46. The maximum absolute atomic E-state index is 12.4. The van der Waals surface area contributed by atoms with Crippen LogP contribution in [0.4, 0.5) is 0 Å². The van der Waals surface area contributed by atoms with Crippen LogP contribution in [-0.2, 0) is 0 Å². The number of hydrogen-bond donors (Lipinski definition) is 2. The van der Waals surface area contributed by atoms with E-state index in [-0.39, 0.29) is 28.9 Å². The lowest BCUT2D eigenvalue weighted by Gasteiger charge is -2.34. The van der Waals surface area contributed by atoms with Crippen molar-refractivity contribution in [1.29, 1.82) is 0 Å². The molecule has 0 unspecified atom stereocenters. The van der Waals surface area contributed by atoms with Gasteiger partial charge < -0.3 is 20.0 Å². The molecule has 2 heterocycles. The van der Waals surface area contributed by atoms with Crippen LogP contribution in [0.3, 0.4) is 0 Å². The lowest BCUT2D eigenvalue weighted by molar-refractivity contribution is 0.0538. The minimum absolute atomic E-state index is 0.0119. The zero-order valence-electron chi connectivity index (χ0n) is 12.3. The fraction of sp³-hybridized carbons (Fsp3) is 0.250. The topological polar surface area (TPSA) is 81.1 Å². The lowest BCUT2D eigenvalue weighted by Crippen LogP contribution is -2.50. The Bertz CT molecular complexity index is 701. The number of aromatic hydroxyl groups is 2. The van der Waals surface area contributed by atoms with Crippen LogP contribution in [0.2, 0.25) is 0 Å². The summed E-state index contributed by atoms with van der Waals surface area (Å²) in [7, 11) is 0. The van der Waals surface area contributed by atoms with Gasteiger partial charge in [0.1, 0.15) is 11.5 Å². The first kappa shape index (κ1) is 15.4. The van der Waals surface area contributed by atoms with Gasteiger partial charge in [-0.15, -0.1) is 11.3 Å². The molecule has 2 N–H and O–H groups in total. The number of phenols is 2. The van der Waals surface area contributed by atoms with Gasteiger partial charge >= 0.3 is 0 Å². The normalized spacial score (nSPS) is 14.8. The van der Waals surface area contributed by atoms with Gasteiger partial charge in [-0.1, -0.05) is 6.07 Å². The maximum Gasteiger partial charge on any atom is 0.264 e. The van der Waals surface area contributed by atoms with Gasteiger partial charge in [0.2, 0.25) is 0 Å². The van der Waals surface area contributed by atoms with Crippen LogP contribution in [0.25, 0.3) is 0 Å². The van der Waals surface area contributed by atoms with E-state index in [0.717, 1.165) is 0 Å². The van der Waals surface area contributed by atoms with Crippen LogP contribution in [0.1, 0.15) is 20.0 Å². The standard InChI is InChI=1S/C16H16N2O4S/c19-12-8-11(9-13(20)10-12)15(21)17-3-5-18(6-4-17)16(22)14-2-1-7-23-14/h1-2,7-10,19-20H,3-6H2. The van der Waals surface area contributed by atoms with Crippen molar-refractivity contribution in [3.05, 3.63) is 46.2 Å². The van der Waals surface area contributed by atoms with E-state index in [2.05, 4.69) is 0 Å². The molecule has 0 aliphatic carbocycles. The monoisotopic (exact) mass is 332 g/mol. The van der Waals surface area contributed by atoms with Crippen molar-refractivity contribution in [1.82, 2.24) is 9.80 Å². The van der Waals surface area contributed by atoms with E-state index in [1.165, 1.54) is 29.5 Å². The number of rotatable bonds is 2. The largest absolute Gasteiger partial charge is 0.508 e. The summed E-state index contributed by atoms with van der Waals surface area (Å²) in [5, 5.41) is 20.8. The van der Waals surface area contributed by atoms with Crippen LogP contribution in [-0.4, -0.2) is 58.0 Å². The second kappa shape index (κ2) is 6.29. The van der Waals surface area contributed by atoms with Gasteiger partial charge in [-0.25, -0.2) is 0 Å². The summed E-state index contributed by atoms with van der Waals surface area (Å²) < 4.78 is 0. The fourth-order valence-corrected chi connectivity index (χ4v) is 3.26. The molecule has 2 amide bonds. The number of hydrogen-bond acceptors (Lipinski definition) is 5. The van der Waals surface area contributed by atoms with Crippen LogP contribution in [0, 0.1) is 0 Å². The van der Waals surface area contributed by atoms with E-state index in [1.54, 1.807) is 15.9 Å². The quantitative estimate of drug-likeness (QED) is 0.878. The number of phenolic OH excluding ortho intramolecular Hbond substituents is 2. The molecule has 1 aliphatic heterocycles. The number of carbonyl (C=O) groups is 2. The molecule has 0 spiro atoms. The maximum atomic E-state index is 12.4. The van der Waals surface area contributed by atoms with E-state index in [1.807, 2.05) is 11.4 Å². The predicted molar refractivity (Wildman–Crippen MR) is 85.9 cm³/mol. The van der Waals surface area contributed by atoms with Crippen LogP contribution in [0.5, 0.6) is 11.5 Å². The summed E-state index contributed by atoms with van der Waals surface area (Å²) in [6.07, 6.45) is 0. The highest BCUT2D eigenvalue weighted by molar-refractivity contribution is 7.12. The summed E-state index contributed by atoms with van der Waals surface area (Å²) >= 11 is 1.40. The molecule has 0 saturated carbocycles. The Labute approximate surface area is 137 Å². The molecule has 0 atom stereocenters. The Balaban J connectivity index is 1.64. The zero-order valence-corrected chi connectivity index (χ0v) is 13.1. The molecular weight excluding hydrogens is 316 g/mol. The van der Waals surface area contributed by atoms with Crippen molar-refractivity contribution in [2.24, 2.45) is 0 Å². The van der Waals surface area contributed by atoms with Gasteiger partial charge in [0.15, 0.2) is 0 Å². The first-order chi connectivity index (χ1) is 11.0. The molecule has 3 rings (SSSR count). The molecule has 0 bridgehead atoms. The minimum Gasteiger partial charge on any atom is -0.508 e. The number of amides is 2. The smallest absolute Gasteiger partial charge is 0.264 e. The predicted octanol–water partition coefficient (Wildman–Crippen LogP) is 1.76. The molecule has 1 saturated heterocycles. The molecule has 1 fully saturated rings. The van der Waals surface area contributed by atoms with E-state index >= 15 is 0 Å². The van der Waals surface area contributed by atoms with Crippen molar-refractivity contribution >= 4 is 23.2 Å². The van der Waals surface area contributed by atoms with Crippen molar-refractivity contribution < 1.29 is 19.8 Å². The molecule has 6 nitrogen and oxygen atoms in total. The molecule has 7 heteroatoms. The summed E-state index contributed by atoms with van der Waals surface area (Å²) in [5.41, 5.74) is 0.237. The molecule has 23 heavy (non-hydrogen) atoms. The van der Waals surface area contributed by atoms with E-state index in [9.17, 15) is 19.8 Å². The highest BCUT2D eigenvalue weighted by Gasteiger charge is 2.26. The van der Waals surface area contributed by atoms with Crippen molar-refractivity contribution in [2.75, 3.05) is 26.2 Å². The Morgan fingerprint density at radius 3 is 2.00 bits per heavy atom. The highest BCUT2D eigenvalue weighted by atomic mass is 32.1. The molecule has 1 aromatic carbocycles. The Kier molecular flexibility index (Phi) is 4.20. The van der Waals surface area contributed by atoms with Gasteiger partial charge in [-0.2, -0.15) is 0 Å². The average molecular weight is 332 g/mol. The third-order valence-corrected chi connectivity index (χ3v) is 4.59. The van der Waals surface area contributed by atoms with Gasteiger partial charge in [-0.05, 0) is 23.6 Å². The van der Waals surface area contributed by atoms with Crippen molar-refractivity contribution in [2.45, 2.75) is 0 Å². The number of piperazine rings is 1. The average Bonchev–Trinajstić information content (AvgIpc) is 3.07. The second-order valence-electron chi connectivity index (χ2n) is 5.30. The fourth-order valence-electron chi connectivity index (χ4n) is 2.57.